The van der Waals surface area contributed by atoms with Crippen LogP contribution in [0.2, 0.25) is 0 Å². The van der Waals surface area contributed by atoms with Crippen molar-refractivity contribution in [3.63, 3.8) is 0 Å². The largest absolute Gasteiger partial charge is 0.393 e. The second-order valence-electron chi connectivity index (χ2n) is 18.2. The molecule has 14 heteroatoms. The normalized spacial score (nSPS) is 53.3. The lowest BCUT2D eigenvalue weighted by Crippen LogP contribution is -2.70. The molecule has 21 atom stereocenters. The standard InChI is InChI=1S/C38H66O14/c1-17(2)24(51-34-31(46)30(45)25(52-34)16-50-35-32(48-6)29(44)23(42)15-49-35)8-7-18(3)19-13-21(40)33-36(19,4)12-10-26-37(5)11-9-20(39)28(43)27(37)22(41)14-38(26,33)47/h17-35,39-47H,7-16H2,1-6H3/t18-,19-,20+,21-,22+,23-,24+,25+,26-,27+,28+,29+,30+,31-,32-,33-,34-,35+,36-,37-,38+/m1/s1. The van der Waals surface area contributed by atoms with Gasteiger partial charge in [0.15, 0.2) is 12.6 Å². The second-order valence-corrected chi connectivity index (χ2v) is 18.2. The van der Waals surface area contributed by atoms with Crippen LogP contribution in [0.15, 0.2) is 0 Å². The first-order chi connectivity index (χ1) is 24.4. The lowest BCUT2D eigenvalue weighted by atomic mass is 9.41. The number of methoxy groups -OCH3 is 1. The van der Waals surface area contributed by atoms with Crippen LogP contribution in [0.1, 0.15) is 86.0 Å². The van der Waals surface area contributed by atoms with Gasteiger partial charge in [-0.25, -0.2) is 0 Å². The first-order valence-corrected chi connectivity index (χ1v) is 19.6. The third kappa shape index (κ3) is 6.92. The molecule has 6 fully saturated rings. The number of ether oxygens (including phenoxy) is 5. The van der Waals surface area contributed by atoms with Gasteiger partial charge in [0.25, 0.3) is 0 Å². The minimum absolute atomic E-state index is 0.0527. The molecular formula is C38H66O14. The quantitative estimate of drug-likeness (QED) is 0.136. The van der Waals surface area contributed by atoms with Gasteiger partial charge in [-0.2, -0.15) is 0 Å². The van der Waals surface area contributed by atoms with Crippen molar-refractivity contribution in [2.75, 3.05) is 20.3 Å². The van der Waals surface area contributed by atoms with Crippen LogP contribution in [0.25, 0.3) is 0 Å². The molecule has 0 aromatic carbocycles. The Hall–Kier alpha value is -0.560. The molecule has 0 bridgehead atoms. The summed E-state index contributed by atoms with van der Waals surface area (Å²) >= 11 is 0. The molecule has 6 rings (SSSR count). The minimum Gasteiger partial charge on any atom is -0.393 e. The van der Waals surface area contributed by atoms with E-state index in [1.54, 1.807) is 0 Å². The molecular weight excluding hydrogens is 680 g/mol. The predicted octanol–water partition coefficient (Wildman–Crippen LogP) is 0.0474. The van der Waals surface area contributed by atoms with Gasteiger partial charge in [-0.1, -0.05) is 34.6 Å². The van der Waals surface area contributed by atoms with Gasteiger partial charge in [-0.3, -0.25) is 0 Å². The fourth-order valence-corrected chi connectivity index (χ4v) is 12.2. The molecule has 4 saturated carbocycles. The van der Waals surface area contributed by atoms with Crippen molar-refractivity contribution in [1.82, 2.24) is 0 Å². The van der Waals surface area contributed by atoms with Gasteiger partial charge in [-0.05, 0) is 79.4 Å². The summed E-state index contributed by atoms with van der Waals surface area (Å²) < 4.78 is 28.7. The highest BCUT2D eigenvalue weighted by molar-refractivity contribution is 5.21. The first kappa shape index (κ1) is 41.1. The van der Waals surface area contributed by atoms with Gasteiger partial charge in [0, 0.05) is 25.4 Å². The van der Waals surface area contributed by atoms with Crippen molar-refractivity contribution in [3.8, 4) is 0 Å². The molecule has 14 nitrogen and oxygen atoms in total. The number of rotatable bonds is 11. The SMILES string of the molecule is CO[C@H]1[C@H](OC[C@@H]2O[C@@H](O[C@@H](CC[C@@H](C)[C@H]3C[C@@H](O)[C@@H]4[C@]3(C)CC[C@@H]3[C@@]5(C)CC[C@H](O)[C@H](O)[C@@H]5[C@@H](O)C[C@]34O)C(C)C)[C@H](O)[C@H]2O)OC[C@@H](O)[C@@H]1O. The number of aliphatic hydroxyl groups is 9. The fraction of sp³-hybridized carbons (Fsp3) is 1.00. The summed E-state index contributed by atoms with van der Waals surface area (Å²) in [4.78, 5) is 0. The third-order valence-electron chi connectivity index (χ3n) is 14.9. The molecule has 0 amide bonds. The van der Waals surface area contributed by atoms with Crippen molar-refractivity contribution >= 4 is 0 Å². The van der Waals surface area contributed by atoms with E-state index >= 15 is 0 Å². The predicted molar refractivity (Wildman–Crippen MR) is 184 cm³/mol. The average molecular weight is 747 g/mol. The van der Waals surface area contributed by atoms with E-state index in [0.29, 0.717) is 32.1 Å². The van der Waals surface area contributed by atoms with E-state index in [0.717, 1.165) is 12.8 Å². The molecule has 2 heterocycles. The van der Waals surface area contributed by atoms with E-state index in [4.69, 9.17) is 23.7 Å². The minimum atomic E-state index is -1.33. The van der Waals surface area contributed by atoms with E-state index in [9.17, 15) is 46.0 Å². The summed E-state index contributed by atoms with van der Waals surface area (Å²) in [6.45, 7) is 10.1. The van der Waals surface area contributed by atoms with Gasteiger partial charge in [0.05, 0.1) is 49.3 Å². The summed E-state index contributed by atoms with van der Waals surface area (Å²) in [5.74, 6) is -0.880. The lowest BCUT2D eigenvalue weighted by Gasteiger charge is -2.66. The molecule has 0 aromatic rings. The summed E-state index contributed by atoms with van der Waals surface area (Å²) in [5.41, 5.74) is -2.25. The third-order valence-corrected chi connectivity index (χ3v) is 14.9. The zero-order valence-electron chi connectivity index (χ0n) is 31.6. The van der Waals surface area contributed by atoms with E-state index in [1.807, 2.05) is 20.8 Å². The number of hydrogen-bond donors (Lipinski definition) is 9. The van der Waals surface area contributed by atoms with Crippen molar-refractivity contribution < 1.29 is 69.6 Å². The number of fused-ring (bicyclic) bond motifs is 5. The van der Waals surface area contributed by atoms with E-state index < -0.39 is 96.5 Å². The van der Waals surface area contributed by atoms with Crippen molar-refractivity contribution in [1.29, 1.82) is 0 Å². The second kappa shape index (κ2) is 15.4. The van der Waals surface area contributed by atoms with Gasteiger partial charge < -0.3 is 69.6 Å². The van der Waals surface area contributed by atoms with E-state index in [2.05, 4.69) is 13.8 Å². The molecule has 6 aliphatic rings. The lowest BCUT2D eigenvalue weighted by molar-refractivity contribution is -0.285. The highest BCUT2D eigenvalue weighted by Gasteiger charge is 2.71. The van der Waals surface area contributed by atoms with Crippen LogP contribution in [0.4, 0.5) is 0 Å². The molecule has 302 valence electrons. The maximum atomic E-state index is 12.6. The molecule has 2 aliphatic heterocycles. The van der Waals surface area contributed by atoms with Crippen LogP contribution in [-0.2, 0) is 23.7 Å². The Morgan fingerprint density at radius 2 is 1.46 bits per heavy atom. The smallest absolute Gasteiger partial charge is 0.186 e. The van der Waals surface area contributed by atoms with Gasteiger partial charge in [0.1, 0.15) is 36.6 Å². The molecule has 4 aliphatic carbocycles. The maximum Gasteiger partial charge on any atom is 0.186 e. The van der Waals surface area contributed by atoms with Crippen molar-refractivity contribution in [2.24, 2.45) is 46.3 Å². The zero-order chi connectivity index (χ0) is 38.1. The summed E-state index contributed by atoms with van der Waals surface area (Å²) in [6.07, 6.45) is -8.46. The van der Waals surface area contributed by atoms with E-state index in [1.165, 1.54) is 7.11 Å². The Labute approximate surface area is 307 Å². The fourth-order valence-electron chi connectivity index (χ4n) is 12.2. The van der Waals surface area contributed by atoms with Gasteiger partial charge in [-0.15, -0.1) is 0 Å². The highest BCUT2D eigenvalue weighted by atomic mass is 16.7. The monoisotopic (exact) mass is 746 g/mol. The van der Waals surface area contributed by atoms with Crippen LogP contribution in [-0.4, -0.2) is 152 Å². The van der Waals surface area contributed by atoms with E-state index in [-0.39, 0.29) is 54.8 Å². The Bertz CT molecular complexity index is 1210. The molecule has 0 spiro atoms. The Morgan fingerprint density at radius 1 is 0.769 bits per heavy atom. The Balaban J connectivity index is 1.08. The Kier molecular flexibility index (Phi) is 12.2. The van der Waals surface area contributed by atoms with Crippen LogP contribution < -0.4 is 0 Å². The molecule has 52 heavy (non-hydrogen) atoms. The van der Waals surface area contributed by atoms with Crippen molar-refractivity contribution in [2.45, 2.75) is 171 Å². The highest BCUT2D eigenvalue weighted by Crippen LogP contribution is 2.69. The number of aliphatic hydroxyl groups excluding tert-OH is 8. The van der Waals surface area contributed by atoms with Crippen LogP contribution >= 0.6 is 0 Å². The first-order valence-electron chi connectivity index (χ1n) is 19.6. The van der Waals surface area contributed by atoms with Crippen molar-refractivity contribution in [3.05, 3.63) is 0 Å². The molecule has 9 N–H and O–H groups in total. The zero-order valence-corrected chi connectivity index (χ0v) is 31.6. The Morgan fingerprint density at radius 3 is 2.13 bits per heavy atom. The van der Waals surface area contributed by atoms with Crippen LogP contribution in [0.3, 0.4) is 0 Å². The van der Waals surface area contributed by atoms with Gasteiger partial charge >= 0.3 is 0 Å². The topological polar surface area (TPSA) is 228 Å². The molecule has 0 aromatic heterocycles. The number of hydrogen-bond acceptors (Lipinski definition) is 14. The molecule has 0 unspecified atom stereocenters. The van der Waals surface area contributed by atoms with Crippen LogP contribution in [0.5, 0.6) is 0 Å². The maximum absolute atomic E-state index is 12.6. The van der Waals surface area contributed by atoms with Gasteiger partial charge in [0.2, 0.25) is 0 Å². The molecule has 2 saturated heterocycles. The summed E-state index contributed by atoms with van der Waals surface area (Å²) in [6, 6.07) is 0. The average Bonchev–Trinajstić information content (AvgIpc) is 3.51. The van der Waals surface area contributed by atoms with Crippen LogP contribution in [0, 0.1) is 46.3 Å². The summed E-state index contributed by atoms with van der Waals surface area (Å²) in [7, 11) is 1.36. The summed E-state index contributed by atoms with van der Waals surface area (Å²) in [5, 5.41) is 98.9. The molecule has 0 radical (unpaired) electrons.